The molecule has 1 aliphatic rings. The predicted octanol–water partition coefficient (Wildman–Crippen LogP) is 3.62. The molecule has 0 bridgehead atoms. The summed E-state index contributed by atoms with van der Waals surface area (Å²) < 4.78 is 0. The molecule has 0 amide bonds. The van der Waals surface area contributed by atoms with Gasteiger partial charge < -0.3 is 5.32 Å². The molecular formula is C13H18ClN. The molecule has 1 N–H and O–H groups in total. The fourth-order valence-electron chi connectivity index (χ4n) is 2.34. The van der Waals surface area contributed by atoms with Crippen LogP contribution in [0.2, 0.25) is 5.02 Å². The molecule has 0 radical (unpaired) electrons. The van der Waals surface area contributed by atoms with E-state index in [4.69, 9.17) is 11.6 Å². The summed E-state index contributed by atoms with van der Waals surface area (Å²) in [6.07, 6.45) is 4.06. The van der Waals surface area contributed by atoms with E-state index in [0.717, 1.165) is 17.5 Å². The van der Waals surface area contributed by atoms with E-state index in [1.54, 1.807) is 0 Å². The molecule has 1 aromatic rings. The van der Waals surface area contributed by atoms with Crippen molar-refractivity contribution in [3.63, 3.8) is 0 Å². The van der Waals surface area contributed by atoms with Gasteiger partial charge in [0.1, 0.15) is 0 Å². The van der Waals surface area contributed by atoms with Crippen molar-refractivity contribution in [2.24, 2.45) is 5.92 Å². The third-order valence-corrected chi connectivity index (χ3v) is 3.55. The summed E-state index contributed by atoms with van der Waals surface area (Å²) in [5.41, 5.74) is 1.28. The molecule has 2 unspecified atom stereocenters. The van der Waals surface area contributed by atoms with Crippen LogP contribution in [0.1, 0.15) is 31.7 Å². The average molecular weight is 224 g/mol. The van der Waals surface area contributed by atoms with Gasteiger partial charge in [-0.15, -0.1) is 0 Å². The molecule has 0 saturated heterocycles. The first-order valence-electron chi connectivity index (χ1n) is 5.73. The Labute approximate surface area is 96.8 Å². The van der Waals surface area contributed by atoms with Crippen LogP contribution in [-0.2, 0) is 6.54 Å². The topological polar surface area (TPSA) is 12.0 Å². The Morgan fingerprint density at radius 3 is 2.93 bits per heavy atom. The lowest BCUT2D eigenvalue weighted by Gasteiger charge is -2.17. The first-order valence-corrected chi connectivity index (χ1v) is 6.11. The molecule has 2 heteroatoms. The number of halogens is 1. The maximum atomic E-state index is 5.94. The minimum Gasteiger partial charge on any atom is -0.310 e. The second-order valence-corrected chi connectivity index (χ2v) is 4.96. The Hall–Kier alpha value is -0.530. The van der Waals surface area contributed by atoms with Gasteiger partial charge in [0.05, 0.1) is 0 Å². The maximum absolute atomic E-state index is 5.94. The third kappa shape index (κ3) is 2.96. The highest BCUT2D eigenvalue weighted by Crippen LogP contribution is 2.25. The zero-order valence-corrected chi connectivity index (χ0v) is 9.93. The van der Waals surface area contributed by atoms with Crippen LogP contribution in [0.25, 0.3) is 0 Å². The molecule has 82 valence electrons. The Morgan fingerprint density at radius 1 is 1.40 bits per heavy atom. The normalized spacial score (nSPS) is 25.7. The Balaban J connectivity index is 1.87. The van der Waals surface area contributed by atoms with Gasteiger partial charge in [0.25, 0.3) is 0 Å². The Morgan fingerprint density at radius 2 is 2.27 bits per heavy atom. The summed E-state index contributed by atoms with van der Waals surface area (Å²) in [4.78, 5) is 0. The predicted molar refractivity (Wildman–Crippen MR) is 65.1 cm³/mol. The van der Waals surface area contributed by atoms with E-state index < -0.39 is 0 Å². The summed E-state index contributed by atoms with van der Waals surface area (Å²) in [6, 6.07) is 8.79. The lowest BCUT2D eigenvalue weighted by molar-refractivity contribution is 0.426. The molecular weight excluding hydrogens is 206 g/mol. The summed E-state index contributed by atoms with van der Waals surface area (Å²) in [7, 11) is 0. The second kappa shape index (κ2) is 5.00. The van der Waals surface area contributed by atoms with Crippen molar-refractivity contribution in [1.29, 1.82) is 0 Å². The van der Waals surface area contributed by atoms with Crippen molar-refractivity contribution >= 4 is 11.6 Å². The van der Waals surface area contributed by atoms with Crippen molar-refractivity contribution in [2.75, 3.05) is 0 Å². The molecule has 1 aromatic carbocycles. The Kier molecular flexibility index (Phi) is 3.66. The average Bonchev–Trinajstić information content (AvgIpc) is 2.61. The number of hydrogen-bond donors (Lipinski definition) is 1. The maximum Gasteiger partial charge on any atom is 0.0409 e. The second-order valence-electron chi connectivity index (χ2n) is 4.53. The van der Waals surface area contributed by atoms with E-state index in [9.17, 15) is 0 Å². The lowest BCUT2D eigenvalue weighted by Crippen LogP contribution is -2.30. The summed E-state index contributed by atoms with van der Waals surface area (Å²) in [6.45, 7) is 3.28. The zero-order valence-electron chi connectivity index (χ0n) is 9.17. The molecule has 2 rings (SSSR count). The third-order valence-electron chi connectivity index (χ3n) is 3.32. The van der Waals surface area contributed by atoms with Crippen molar-refractivity contribution in [2.45, 2.75) is 38.8 Å². The summed E-state index contributed by atoms with van der Waals surface area (Å²) in [5, 5.41) is 4.44. The standard InChI is InChI=1S/C13H18ClN/c1-10-4-2-7-13(10)15-9-11-5-3-6-12(14)8-11/h3,5-6,8,10,13,15H,2,4,7,9H2,1H3. The van der Waals surface area contributed by atoms with Gasteiger partial charge in [-0.2, -0.15) is 0 Å². The van der Waals surface area contributed by atoms with E-state index in [2.05, 4.69) is 18.3 Å². The molecule has 0 aliphatic heterocycles. The molecule has 1 fully saturated rings. The van der Waals surface area contributed by atoms with Crippen molar-refractivity contribution in [3.8, 4) is 0 Å². The monoisotopic (exact) mass is 223 g/mol. The molecule has 0 heterocycles. The highest BCUT2D eigenvalue weighted by Gasteiger charge is 2.22. The van der Waals surface area contributed by atoms with Crippen LogP contribution >= 0.6 is 11.6 Å². The molecule has 15 heavy (non-hydrogen) atoms. The Bertz CT molecular complexity index is 324. The van der Waals surface area contributed by atoms with Gasteiger partial charge in [-0.3, -0.25) is 0 Å². The van der Waals surface area contributed by atoms with Gasteiger partial charge >= 0.3 is 0 Å². The van der Waals surface area contributed by atoms with Gasteiger partial charge in [-0.1, -0.05) is 37.1 Å². The first-order chi connectivity index (χ1) is 7.25. The fourth-order valence-corrected chi connectivity index (χ4v) is 2.56. The van der Waals surface area contributed by atoms with Crippen molar-refractivity contribution < 1.29 is 0 Å². The summed E-state index contributed by atoms with van der Waals surface area (Å²) in [5.74, 6) is 0.823. The number of benzene rings is 1. The molecule has 1 nitrogen and oxygen atoms in total. The van der Waals surface area contributed by atoms with E-state index in [-0.39, 0.29) is 0 Å². The largest absolute Gasteiger partial charge is 0.310 e. The minimum atomic E-state index is 0.698. The van der Waals surface area contributed by atoms with E-state index >= 15 is 0 Å². The number of nitrogens with one attached hydrogen (secondary N) is 1. The smallest absolute Gasteiger partial charge is 0.0409 e. The van der Waals surface area contributed by atoms with Crippen LogP contribution in [-0.4, -0.2) is 6.04 Å². The number of hydrogen-bond acceptors (Lipinski definition) is 1. The minimum absolute atomic E-state index is 0.698. The van der Waals surface area contributed by atoms with Gasteiger partial charge in [0.2, 0.25) is 0 Å². The van der Waals surface area contributed by atoms with Gasteiger partial charge in [-0.05, 0) is 36.5 Å². The van der Waals surface area contributed by atoms with Crippen molar-refractivity contribution in [3.05, 3.63) is 34.9 Å². The summed E-state index contributed by atoms with van der Waals surface area (Å²) >= 11 is 5.94. The molecule has 2 atom stereocenters. The van der Waals surface area contributed by atoms with Crippen LogP contribution in [0.5, 0.6) is 0 Å². The molecule has 1 saturated carbocycles. The number of rotatable bonds is 3. The van der Waals surface area contributed by atoms with E-state index in [1.807, 2.05) is 18.2 Å². The van der Waals surface area contributed by atoms with Gasteiger partial charge in [-0.25, -0.2) is 0 Å². The highest BCUT2D eigenvalue weighted by molar-refractivity contribution is 6.30. The van der Waals surface area contributed by atoms with Crippen LogP contribution in [0.4, 0.5) is 0 Å². The fraction of sp³-hybridized carbons (Fsp3) is 0.538. The zero-order chi connectivity index (χ0) is 10.7. The van der Waals surface area contributed by atoms with Crippen LogP contribution < -0.4 is 5.32 Å². The SMILES string of the molecule is CC1CCCC1NCc1cccc(Cl)c1. The van der Waals surface area contributed by atoms with Crippen LogP contribution in [0.3, 0.4) is 0 Å². The van der Waals surface area contributed by atoms with E-state index in [1.165, 1.54) is 24.8 Å². The van der Waals surface area contributed by atoms with Crippen LogP contribution in [0, 0.1) is 5.92 Å². The quantitative estimate of drug-likeness (QED) is 0.826. The van der Waals surface area contributed by atoms with Crippen molar-refractivity contribution in [1.82, 2.24) is 5.32 Å². The van der Waals surface area contributed by atoms with E-state index in [0.29, 0.717) is 6.04 Å². The van der Waals surface area contributed by atoms with Gasteiger partial charge in [0, 0.05) is 17.6 Å². The highest BCUT2D eigenvalue weighted by atomic mass is 35.5. The first kappa shape index (κ1) is 11.0. The van der Waals surface area contributed by atoms with Crippen LogP contribution in [0.15, 0.2) is 24.3 Å². The van der Waals surface area contributed by atoms with Gasteiger partial charge in [0.15, 0.2) is 0 Å². The lowest BCUT2D eigenvalue weighted by atomic mass is 10.1. The molecule has 0 spiro atoms. The molecule has 1 aliphatic carbocycles. The molecule has 0 aromatic heterocycles.